The first kappa shape index (κ1) is 20.8. The van der Waals surface area contributed by atoms with E-state index in [2.05, 4.69) is 20.7 Å². The number of hydrogen-bond donors (Lipinski definition) is 3. The van der Waals surface area contributed by atoms with Gasteiger partial charge in [-0.2, -0.15) is 0 Å². The number of thiocarbonyl (C=S) groups is 1. The van der Waals surface area contributed by atoms with Crippen molar-refractivity contribution in [3.8, 4) is 0 Å². The molecule has 0 radical (unpaired) electrons. The molecule has 1 amide bonds. The fourth-order valence-electron chi connectivity index (χ4n) is 1.38. The summed E-state index contributed by atoms with van der Waals surface area (Å²) >= 11 is 28.2. The summed E-state index contributed by atoms with van der Waals surface area (Å²) in [7, 11) is 1.14. The van der Waals surface area contributed by atoms with Gasteiger partial charge in [-0.1, -0.05) is 46.4 Å². The zero-order chi connectivity index (χ0) is 18.5. The first-order valence-corrected chi connectivity index (χ1v) is 7.89. The van der Waals surface area contributed by atoms with Gasteiger partial charge in [0.15, 0.2) is 11.3 Å². The van der Waals surface area contributed by atoms with Crippen LogP contribution in [0, 0.1) is 10.1 Å². The molecule has 8 nitrogen and oxygen atoms in total. The van der Waals surface area contributed by atoms with E-state index in [0.717, 1.165) is 13.2 Å². The van der Waals surface area contributed by atoms with Crippen LogP contribution in [0.4, 0.5) is 16.2 Å². The van der Waals surface area contributed by atoms with Crippen LogP contribution in [0.5, 0.6) is 0 Å². The van der Waals surface area contributed by atoms with Gasteiger partial charge in [0.05, 0.1) is 22.7 Å². The summed E-state index contributed by atoms with van der Waals surface area (Å²) < 4.78 is 2.47. The molecule has 1 aromatic carbocycles. The molecule has 3 N–H and O–H groups in total. The number of anilines is 1. The molecule has 13 heteroatoms. The molecular weight excluding hydrogens is 426 g/mol. The van der Waals surface area contributed by atoms with Crippen LogP contribution in [0.15, 0.2) is 18.2 Å². The normalized spacial score (nSPS) is 12.0. The monoisotopic (exact) mass is 434 g/mol. The van der Waals surface area contributed by atoms with Gasteiger partial charge in [0.25, 0.3) is 5.69 Å². The van der Waals surface area contributed by atoms with Crippen molar-refractivity contribution in [2.75, 3.05) is 12.4 Å². The van der Waals surface area contributed by atoms with Crippen LogP contribution in [0.2, 0.25) is 5.02 Å². The van der Waals surface area contributed by atoms with Gasteiger partial charge in [0, 0.05) is 12.1 Å². The molecule has 0 heterocycles. The summed E-state index contributed by atoms with van der Waals surface area (Å²) in [4.78, 5) is 21.3. The molecule has 0 fully saturated rings. The number of carbonyl (C=O) groups is 1. The molecule has 0 saturated heterocycles. The number of ether oxygens (including phenoxy) is 1. The van der Waals surface area contributed by atoms with E-state index in [4.69, 9.17) is 58.6 Å². The zero-order valence-electron chi connectivity index (χ0n) is 11.8. The van der Waals surface area contributed by atoms with Crippen molar-refractivity contribution in [1.29, 1.82) is 0 Å². The number of methoxy groups -OCH3 is 1. The Morgan fingerprint density at radius 1 is 1.38 bits per heavy atom. The number of hydrogen-bond acceptors (Lipinski definition) is 5. The Labute approximate surface area is 161 Å². The summed E-state index contributed by atoms with van der Waals surface area (Å²) in [5.74, 6) is 0. The van der Waals surface area contributed by atoms with Crippen molar-refractivity contribution >= 4 is 81.2 Å². The van der Waals surface area contributed by atoms with E-state index in [1.165, 1.54) is 12.1 Å². The van der Waals surface area contributed by atoms with E-state index in [-0.39, 0.29) is 21.5 Å². The molecule has 1 atom stereocenters. The number of nitro benzene ring substituents is 1. The van der Waals surface area contributed by atoms with Gasteiger partial charge in [0.1, 0.15) is 0 Å². The van der Waals surface area contributed by atoms with E-state index in [1.54, 1.807) is 0 Å². The lowest BCUT2D eigenvalue weighted by Crippen LogP contribution is -2.56. The number of amides is 1. The summed E-state index contributed by atoms with van der Waals surface area (Å²) in [6, 6.07) is 3.73. The highest BCUT2D eigenvalue weighted by Crippen LogP contribution is 2.30. The van der Waals surface area contributed by atoms with Gasteiger partial charge < -0.3 is 15.4 Å². The van der Waals surface area contributed by atoms with Gasteiger partial charge in [-0.25, -0.2) is 4.79 Å². The maximum Gasteiger partial charge on any atom is 0.408 e. The number of alkyl carbamates (subject to hydrolysis) is 1. The van der Waals surface area contributed by atoms with Crippen molar-refractivity contribution in [3.05, 3.63) is 33.3 Å². The van der Waals surface area contributed by atoms with Gasteiger partial charge in [0.2, 0.25) is 3.79 Å². The standard InChI is InChI=1S/C11H10Cl4N4O4S/c1-23-10(20)18-8(11(13,14)15)17-9(24)16-7-3-2-5(19(21)22)4-6(7)12/h2-4,8H,1H3,(H,18,20)(H2,16,17,24)/t8-/m1/s1. The highest BCUT2D eigenvalue weighted by molar-refractivity contribution is 7.80. The van der Waals surface area contributed by atoms with Crippen molar-refractivity contribution in [3.63, 3.8) is 0 Å². The molecular formula is C11H10Cl4N4O4S. The molecule has 0 spiro atoms. The Morgan fingerprint density at radius 3 is 2.46 bits per heavy atom. The highest BCUT2D eigenvalue weighted by Gasteiger charge is 2.35. The van der Waals surface area contributed by atoms with E-state index >= 15 is 0 Å². The van der Waals surface area contributed by atoms with Crippen molar-refractivity contribution in [2.45, 2.75) is 9.96 Å². The number of rotatable bonds is 4. The average molecular weight is 436 g/mol. The Bertz CT molecular complexity index is 655. The number of nitrogens with zero attached hydrogens (tertiary/aromatic N) is 1. The largest absolute Gasteiger partial charge is 0.453 e. The highest BCUT2D eigenvalue weighted by atomic mass is 35.6. The number of benzene rings is 1. The summed E-state index contributed by atoms with van der Waals surface area (Å²) in [6.45, 7) is 0. The second-order valence-electron chi connectivity index (χ2n) is 4.13. The fourth-order valence-corrected chi connectivity index (χ4v) is 2.16. The molecule has 1 rings (SSSR count). The van der Waals surface area contributed by atoms with Crippen LogP contribution in [0.3, 0.4) is 0 Å². The average Bonchev–Trinajstić information content (AvgIpc) is 2.47. The number of non-ortho nitro benzene ring substituents is 1. The summed E-state index contributed by atoms with van der Waals surface area (Å²) in [6.07, 6.45) is -2.07. The molecule has 24 heavy (non-hydrogen) atoms. The zero-order valence-corrected chi connectivity index (χ0v) is 15.6. The Kier molecular flexibility index (Phi) is 7.56. The minimum absolute atomic E-state index is 0.0553. The van der Waals surface area contributed by atoms with Crippen LogP contribution in [-0.4, -0.2) is 33.2 Å². The second-order valence-corrected chi connectivity index (χ2v) is 7.31. The van der Waals surface area contributed by atoms with Crippen molar-refractivity contribution in [2.24, 2.45) is 0 Å². The first-order valence-electron chi connectivity index (χ1n) is 5.97. The van der Waals surface area contributed by atoms with E-state index < -0.39 is 21.0 Å². The predicted molar refractivity (Wildman–Crippen MR) is 97.1 cm³/mol. The van der Waals surface area contributed by atoms with Crippen LogP contribution in [0.25, 0.3) is 0 Å². The van der Waals surface area contributed by atoms with E-state index in [1.807, 2.05) is 0 Å². The smallest absolute Gasteiger partial charge is 0.408 e. The number of nitrogens with one attached hydrogen (secondary N) is 3. The molecule has 0 aromatic heterocycles. The van der Waals surface area contributed by atoms with Gasteiger partial charge in [-0.3, -0.25) is 15.4 Å². The minimum atomic E-state index is -1.95. The molecule has 0 aliphatic carbocycles. The van der Waals surface area contributed by atoms with Crippen LogP contribution in [-0.2, 0) is 4.74 Å². The fraction of sp³-hybridized carbons (Fsp3) is 0.273. The summed E-state index contributed by atoms with van der Waals surface area (Å²) in [5, 5.41) is 18.1. The molecule has 132 valence electrons. The van der Waals surface area contributed by atoms with Gasteiger partial charge in [-0.15, -0.1) is 0 Å². The minimum Gasteiger partial charge on any atom is -0.453 e. The second kappa shape index (κ2) is 8.72. The molecule has 0 unspecified atom stereocenters. The quantitative estimate of drug-likeness (QED) is 0.218. The van der Waals surface area contributed by atoms with Crippen LogP contribution >= 0.6 is 58.6 Å². The third-order valence-electron chi connectivity index (χ3n) is 2.46. The maximum atomic E-state index is 11.3. The Morgan fingerprint density at radius 2 is 2.00 bits per heavy atom. The van der Waals surface area contributed by atoms with Crippen molar-refractivity contribution < 1.29 is 14.5 Å². The molecule has 0 bridgehead atoms. The van der Waals surface area contributed by atoms with Gasteiger partial charge in [-0.05, 0) is 18.3 Å². The first-order chi connectivity index (χ1) is 11.0. The third kappa shape index (κ3) is 6.33. The molecule has 1 aromatic rings. The lowest BCUT2D eigenvalue weighted by atomic mass is 10.3. The van der Waals surface area contributed by atoms with Crippen molar-refractivity contribution in [1.82, 2.24) is 10.6 Å². The molecule has 0 aliphatic heterocycles. The van der Waals surface area contributed by atoms with Gasteiger partial charge >= 0.3 is 6.09 Å². The third-order valence-corrected chi connectivity index (χ3v) is 3.65. The number of halogens is 4. The SMILES string of the molecule is COC(=O)N[C@@H](NC(=S)Nc1ccc([N+](=O)[O-])cc1Cl)C(Cl)(Cl)Cl. The van der Waals surface area contributed by atoms with E-state index in [9.17, 15) is 14.9 Å². The Hall–Kier alpha value is -1.26. The lowest BCUT2D eigenvalue weighted by molar-refractivity contribution is -0.384. The topological polar surface area (TPSA) is 106 Å². The Balaban J connectivity index is 2.82. The summed E-state index contributed by atoms with van der Waals surface area (Å²) in [5.41, 5.74) is 0.0943. The number of alkyl halides is 3. The van der Waals surface area contributed by atoms with E-state index in [0.29, 0.717) is 0 Å². The molecule has 0 aliphatic rings. The molecule has 0 saturated carbocycles. The predicted octanol–water partition coefficient (Wildman–Crippen LogP) is 3.59. The van der Waals surface area contributed by atoms with Crippen LogP contribution < -0.4 is 16.0 Å². The van der Waals surface area contributed by atoms with Crippen LogP contribution in [0.1, 0.15) is 0 Å². The number of carbonyl (C=O) groups excluding carboxylic acids is 1. The maximum absolute atomic E-state index is 11.3. The number of nitro groups is 1. The lowest BCUT2D eigenvalue weighted by Gasteiger charge is -2.27.